The van der Waals surface area contributed by atoms with Crippen molar-refractivity contribution < 1.29 is 14.7 Å². The van der Waals surface area contributed by atoms with E-state index in [0.29, 0.717) is 12.5 Å². The lowest BCUT2D eigenvalue weighted by Gasteiger charge is -2.22. The number of hydrogen-bond donors (Lipinski definition) is 2. The van der Waals surface area contributed by atoms with Gasteiger partial charge in [0.2, 0.25) is 0 Å². The third-order valence-corrected chi connectivity index (χ3v) is 2.60. The molecule has 0 aromatic heterocycles. The van der Waals surface area contributed by atoms with Crippen molar-refractivity contribution in [1.29, 1.82) is 0 Å². The molecule has 1 unspecified atom stereocenters. The quantitative estimate of drug-likeness (QED) is 0.676. The smallest absolute Gasteiger partial charge is 0.318 e. The molecule has 1 atom stereocenters. The Balaban J connectivity index is 2.40. The molecule has 0 bridgehead atoms. The van der Waals surface area contributed by atoms with Gasteiger partial charge >= 0.3 is 12.0 Å². The molecule has 1 rings (SSSR count). The fourth-order valence-corrected chi connectivity index (χ4v) is 1.56. The average Bonchev–Trinajstić information content (AvgIpc) is 2.99. The number of carbonyl (C=O) groups excluding carboxylic acids is 1. The molecule has 0 aliphatic heterocycles. The van der Waals surface area contributed by atoms with Gasteiger partial charge in [0, 0.05) is 12.6 Å². The van der Waals surface area contributed by atoms with Crippen LogP contribution in [0.25, 0.3) is 0 Å². The summed E-state index contributed by atoms with van der Waals surface area (Å²) in [5, 5.41) is 11.2. The number of nitrogens with zero attached hydrogens (tertiary/aromatic N) is 1. The van der Waals surface area contributed by atoms with Gasteiger partial charge < -0.3 is 15.3 Å². The van der Waals surface area contributed by atoms with E-state index in [1.165, 1.54) is 0 Å². The van der Waals surface area contributed by atoms with Gasteiger partial charge in [0.1, 0.15) is 0 Å². The van der Waals surface area contributed by atoms with E-state index in [4.69, 9.17) is 11.5 Å². The third kappa shape index (κ3) is 5.25. The van der Waals surface area contributed by atoms with E-state index in [0.717, 1.165) is 12.8 Å². The van der Waals surface area contributed by atoms with Crippen LogP contribution in [0, 0.1) is 18.3 Å². The fourth-order valence-electron chi connectivity index (χ4n) is 1.56. The van der Waals surface area contributed by atoms with E-state index in [2.05, 4.69) is 11.2 Å². The van der Waals surface area contributed by atoms with Crippen molar-refractivity contribution in [2.45, 2.75) is 32.2 Å². The Bertz CT molecular complexity index is 331. The van der Waals surface area contributed by atoms with Crippen molar-refractivity contribution >= 4 is 12.0 Å². The van der Waals surface area contributed by atoms with Crippen LogP contribution >= 0.6 is 0 Å². The molecular weight excluding hydrogens is 220 g/mol. The SMILES string of the molecule is C#CCN(CC1CC1)C(=O)NC(C)CC(=O)O. The summed E-state index contributed by atoms with van der Waals surface area (Å²) in [6.07, 6.45) is 7.40. The molecule has 5 nitrogen and oxygen atoms in total. The molecule has 1 saturated carbocycles. The zero-order valence-corrected chi connectivity index (χ0v) is 9.98. The number of amides is 2. The highest BCUT2D eigenvalue weighted by atomic mass is 16.4. The number of carbonyl (C=O) groups is 2. The first-order valence-corrected chi connectivity index (χ1v) is 5.73. The number of aliphatic carboxylic acids is 1. The zero-order valence-electron chi connectivity index (χ0n) is 9.98. The molecular formula is C12H18N2O3. The van der Waals surface area contributed by atoms with E-state index in [9.17, 15) is 9.59 Å². The predicted octanol–water partition coefficient (Wildman–Crippen LogP) is 0.904. The van der Waals surface area contributed by atoms with Crippen LogP contribution in [-0.2, 0) is 4.79 Å². The van der Waals surface area contributed by atoms with E-state index in [1.807, 2.05) is 0 Å². The maximum absolute atomic E-state index is 11.8. The lowest BCUT2D eigenvalue weighted by Crippen LogP contribution is -2.45. The first-order chi connectivity index (χ1) is 8.02. The Morgan fingerprint density at radius 1 is 1.59 bits per heavy atom. The maximum Gasteiger partial charge on any atom is 0.318 e. The van der Waals surface area contributed by atoms with E-state index in [1.54, 1.807) is 11.8 Å². The number of carboxylic acids is 1. The molecule has 1 aliphatic rings. The highest BCUT2D eigenvalue weighted by Gasteiger charge is 2.26. The Labute approximate surface area is 101 Å². The van der Waals surface area contributed by atoms with Crippen LogP contribution in [0.15, 0.2) is 0 Å². The van der Waals surface area contributed by atoms with Gasteiger partial charge in [-0.1, -0.05) is 5.92 Å². The summed E-state index contributed by atoms with van der Waals surface area (Å²) in [4.78, 5) is 23.9. The van der Waals surface area contributed by atoms with Crippen molar-refractivity contribution in [2.75, 3.05) is 13.1 Å². The van der Waals surface area contributed by atoms with Crippen molar-refractivity contribution in [3.05, 3.63) is 0 Å². The topological polar surface area (TPSA) is 69.6 Å². The van der Waals surface area contributed by atoms with Crippen molar-refractivity contribution in [3.8, 4) is 12.3 Å². The minimum atomic E-state index is -0.927. The number of urea groups is 1. The van der Waals surface area contributed by atoms with Crippen LogP contribution in [0.3, 0.4) is 0 Å². The number of nitrogens with one attached hydrogen (secondary N) is 1. The van der Waals surface area contributed by atoms with Gasteiger partial charge in [-0.3, -0.25) is 4.79 Å². The van der Waals surface area contributed by atoms with Crippen molar-refractivity contribution in [1.82, 2.24) is 10.2 Å². The molecule has 2 N–H and O–H groups in total. The summed E-state index contributed by atoms with van der Waals surface area (Å²) < 4.78 is 0. The first kappa shape index (κ1) is 13.4. The lowest BCUT2D eigenvalue weighted by atomic mass is 10.2. The second kappa shape index (κ2) is 6.14. The van der Waals surface area contributed by atoms with Crippen LogP contribution in [0.2, 0.25) is 0 Å². The Morgan fingerprint density at radius 3 is 2.71 bits per heavy atom. The molecule has 2 amide bonds. The van der Waals surface area contributed by atoms with Crippen molar-refractivity contribution in [2.24, 2.45) is 5.92 Å². The van der Waals surface area contributed by atoms with Gasteiger partial charge in [-0.15, -0.1) is 6.42 Å². The van der Waals surface area contributed by atoms with Crippen LogP contribution in [0.5, 0.6) is 0 Å². The van der Waals surface area contributed by atoms with Crippen molar-refractivity contribution in [3.63, 3.8) is 0 Å². The highest BCUT2D eigenvalue weighted by Crippen LogP contribution is 2.29. The predicted molar refractivity (Wildman–Crippen MR) is 63.4 cm³/mol. The Hall–Kier alpha value is -1.70. The summed E-state index contributed by atoms with van der Waals surface area (Å²) >= 11 is 0. The first-order valence-electron chi connectivity index (χ1n) is 5.73. The monoisotopic (exact) mass is 238 g/mol. The maximum atomic E-state index is 11.8. The van der Waals surface area contributed by atoms with Gasteiger partial charge in [0.05, 0.1) is 13.0 Å². The average molecular weight is 238 g/mol. The standard InChI is InChI=1S/C12H18N2O3/c1-3-6-14(8-10-4-5-10)12(17)13-9(2)7-11(15)16/h1,9-10H,4-8H2,2H3,(H,13,17)(H,15,16). The molecule has 0 radical (unpaired) electrons. The molecule has 0 heterocycles. The molecule has 17 heavy (non-hydrogen) atoms. The number of carboxylic acid groups (broad SMARTS) is 1. The molecule has 94 valence electrons. The van der Waals surface area contributed by atoms with Gasteiger partial charge in [-0.25, -0.2) is 4.79 Å². The Kier molecular flexibility index (Phi) is 4.83. The molecule has 0 aromatic rings. The summed E-state index contributed by atoms with van der Waals surface area (Å²) in [6, 6.07) is -0.664. The molecule has 1 fully saturated rings. The Morgan fingerprint density at radius 2 is 2.24 bits per heavy atom. The molecule has 1 aliphatic carbocycles. The third-order valence-electron chi connectivity index (χ3n) is 2.60. The number of hydrogen-bond acceptors (Lipinski definition) is 2. The second-order valence-corrected chi connectivity index (χ2v) is 4.48. The van der Waals surface area contributed by atoms with Crippen LogP contribution in [0.1, 0.15) is 26.2 Å². The van der Waals surface area contributed by atoms with E-state index in [-0.39, 0.29) is 25.0 Å². The van der Waals surface area contributed by atoms with Gasteiger partial charge in [0.15, 0.2) is 0 Å². The van der Waals surface area contributed by atoms with Gasteiger partial charge in [-0.2, -0.15) is 0 Å². The molecule has 5 heteroatoms. The zero-order chi connectivity index (χ0) is 12.8. The van der Waals surface area contributed by atoms with Gasteiger partial charge in [-0.05, 0) is 25.7 Å². The molecule has 0 saturated heterocycles. The summed E-state index contributed by atoms with van der Waals surface area (Å²) in [6.45, 7) is 2.59. The summed E-state index contributed by atoms with van der Waals surface area (Å²) in [5.41, 5.74) is 0. The van der Waals surface area contributed by atoms with Crippen LogP contribution in [0.4, 0.5) is 4.79 Å². The fraction of sp³-hybridized carbons (Fsp3) is 0.667. The molecule has 0 spiro atoms. The minimum absolute atomic E-state index is 0.0843. The largest absolute Gasteiger partial charge is 0.481 e. The summed E-state index contributed by atoms with van der Waals surface area (Å²) in [5.74, 6) is 2.08. The van der Waals surface area contributed by atoms with E-state index >= 15 is 0 Å². The van der Waals surface area contributed by atoms with Crippen LogP contribution in [-0.4, -0.2) is 41.1 Å². The molecule has 0 aromatic carbocycles. The van der Waals surface area contributed by atoms with Gasteiger partial charge in [0.25, 0.3) is 0 Å². The van der Waals surface area contributed by atoms with E-state index < -0.39 is 5.97 Å². The van der Waals surface area contributed by atoms with Crippen LogP contribution < -0.4 is 5.32 Å². The highest BCUT2D eigenvalue weighted by molar-refractivity contribution is 5.76. The number of terminal acetylenes is 1. The number of rotatable bonds is 6. The lowest BCUT2D eigenvalue weighted by molar-refractivity contribution is -0.137. The normalized spacial score (nSPS) is 15.8. The minimum Gasteiger partial charge on any atom is -0.481 e. The summed E-state index contributed by atoms with van der Waals surface area (Å²) in [7, 11) is 0. The second-order valence-electron chi connectivity index (χ2n) is 4.48.